The summed E-state index contributed by atoms with van der Waals surface area (Å²) in [4.78, 5) is 0. The van der Waals surface area contributed by atoms with Crippen molar-refractivity contribution in [2.45, 2.75) is 0 Å². The summed E-state index contributed by atoms with van der Waals surface area (Å²) in [6.07, 6.45) is 1.17. The second-order valence-electron chi connectivity index (χ2n) is 3.17. The van der Waals surface area contributed by atoms with Crippen LogP contribution in [-0.2, 0) is 9.84 Å². The monoisotopic (exact) mass is 293 g/mol. The summed E-state index contributed by atoms with van der Waals surface area (Å²) in [5, 5.41) is 0. The number of ether oxygens (including phenoxy) is 1. The van der Waals surface area contributed by atoms with E-state index in [0.29, 0.717) is 11.4 Å². The van der Waals surface area contributed by atoms with Crippen molar-refractivity contribution in [1.82, 2.24) is 0 Å². The Morgan fingerprint density at radius 2 is 2.13 bits per heavy atom. The van der Waals surface area contributed by atoms with Crippen LogP contribution in [0.5, 0.6) is 5.75 Å². The molecule has 1 aromatic rings. The summed E-state index contributed by atoms with van der Waals surface area (Å²) < 4.78 is 27.8. The predicted molar refractivity (Wildman–Crippen MR) is 63.8 cm³/mol. The zero-order valence-corrected chi connectivity index (χ0v) is 10.6. The first-order valence-electron chi connectivity index (χ1n) is 4.24. The van der Waals surface area contributed by atoms with Crippen molar-refractivity contribution in [3.8, 4) is 5.75 Å². The Kier molecular flexibility index (Phi) is 3.98. The fraction of sp³-hybridized carbons (Fsp3) is 0.333. The lowest BCUT2D eigenvalue weighted by Crippen LogP contribution is -2.12. The molecule has 0 saturated heterocycles. The molecule has 0 saturated carbocycles. The summed E-state index contributed by atoms with van der Waals surface area (Å²) in [7, 11) is -2.99. The minimum absolute atomic E-state index is 0.00572. The molecule has 0 heterocycles. The van der Waals surface area contributed by atoms with Gasteiger partial charge >= 0.3 is 0 Å². The van der Waals surface area contributed by atoms with Crippen LogP contribution in [0.3, 0.4) is 0 Å². The van der Waals surface area contributed by atoms with E-state index in [1.165, 1.54) is 6.26 Å². The molecule has 0 amide bonds. The van der Waals surface area contributed by atoms with Gasteiger partial charge in [-0.3, -0.25) is 0 Å². The molecule has 4 nitrogen and oxygen atoms in total. The fourth-order valence-electron chi connectivity index (χ4n) is 0.934. The van der Waals surface area contributed by atoms with E-state index in [2.05, 4.69) is 15.9 Å². The number of halogens is 1. The zero-order chi connectivity index (χ0) is 11.5. The molecule has 15 heavy (non-hydrogen) atoms. The lowest BCUT2D eigenvalue weighted by Gasteiger charge is -2.07. The van der Waals surface area contributed by atoms with E-state index in [1.807, 2.05) is 0 Å². The lowest BCUT2D eigenvalue weighted by molar-refractivity contribution is 0.339. The van der Waals surface area contributed by atoms with E-state index < -0.39 is 9.84 Å². The Morgan fingerprint density at radius 3 is 2.73 bits per heavy atom. The summed E-state index contributed by atoms with van der Waals surface area (Å²) in [6, 6.07) is 5.13. The number of nitrogen functional groups attached to an aromatic ring is 1. The Morgan fingerprint density at radius 1 is 1.47 bits per heavy atom. The molecule has 1 aromatic carbocycles. The summed E-state index contributed by atoms with van der Waals surface area (Å²) in [5.74, 6) is 0.549. The van der Waals surface area contributed by atoms with Gasteiger partial charge in [0.1, 0.15) is 12.4 Å². The summed E-state index contributed by atoms with van der Waals surface area (Å²) in [5.41, 5.74) is 6.14. The van der Waals surface area contributed by atoms with Crippen LogP contribution in [0, 0.1) is 0 Å². The minimum Gasteiger partial charge on any atom is -0.491 e. The Bertz CT molecular complexity index is 445. The van der Waals surface area contributed by atoms with Gasteiger partial charge in [-0.25, -0.2) is 8.42 Å². The van der Waals surface area contributed by atoms with Crippen LogP contribution in [0.1, 0.15) is 0 Å². The van der Waals surface area contributed by atoms with Gasteiger partial charge in [0.2, 0.25) is 0 Å². The predicted octanol–water partition coefficient (Wildman–Crippen LogP) is 1.45. The largest absolute Gasteiger partial charge is 0.491 e. The molecule has 0 bridgehead atoms. The van der Waals surface area contributed by atoms with Gasteiger partial charge in [0.05, 0.1) is 10.2 Å². The highest BCUT2D eigenvalue weighted by Gasteiger charge is 2.05. The molecule has 0 aliphatic heterocycles. The van der Waals surface area contributed by atoms with Crippen molar-refractivity contribution in [2.75, 3.05) is 24.3 Å². The molecule has 2 N–H and O–H groups in total. The molecule has 0 spiro atoms. The Balaban J connectivity index is 2.61. The topological polar surface area (TPSA) is 69.4 Å². The van der Waals surface area contributed by atoms with E-state index >= 15 is 0 Å². The fourth-order valence-corrected chi connectivity index (χ4v) is 1.68. The summed E-state index contributed by atoms with van der Waals surface area (Å²) in [6.45, 7) is 0.126. The van der Waals surface area contributed by atoms with Gasteiger partial charge in [-0.15, -0.1) is 0 Å². The SMILES string of the molecule is CS(=O)(=O)CCOc1cc(N)ccc1Br. The van der Waals surface area contributed by atoms with Crippen LogP contribution in [0.4, 0.5) is 5.69 Å². The second kappa shape index (κ2) is 4.85. The number of hydrogen-bond acceptors (Lipinski definition) is 4. The van der Waals surface area contributed by atoms with Gasteiger partial charge in [0, 0.05) is 18.0 Å². The molecular weight excluding hydrogens is 282 g/mol. The van der Waals surface area contributed by atoms with Crippen LogP contribution in [0.2, 0.25) is 0 Å². The molecule has 0 aliphatic carbocycles. The van der Waals surface area contributed by atoms with Crippen molar-refractivity contribution < 1.29 is 13.2 Å². The standard InChI is InChI=1S/C9H12BrNO3S/c1-15(12,13)5-4-14-9-6-7(11)2-3-8(9)10/h2-3,6H,4-5,11H2,1H3. The lowest BCUT2D eigenvalue weighted by atomic mass is 10.3. The summed E-state index contributed by atoms with van der Waals surface area (Å²) >= 11 is 3.28. The minimum atomic E-state index is -2.99. The number of sulfone groups is 1. The second-order valence-corrected chi connectivity index (χ2v) is 6.28. The molecule has 0 radical (unpaired) electrons. The van der Waals surface area contributed by atoms with E-state index in [-0.39, 0.29) is 12.4 Å². The highest BCUT2D eigenvalue weighted by Crippen LogP contribution is 2.26. The number of benzene rings is 1. The van der Waals surface area contributed by atoms with Crippen LogP contribution in [0.25, 0.3) is 0 Å². The van der Waals surface area contributed by atoms with E-state index in [0.717, 1.165) is 4.47 Å². The molecule has 0 aliphatic rings. The quantitative estimate of drug-likeness (QED) is 0.853. The first-order valence-corrected chi connectivity index (χ1v) is 7.09. The average Bonchev–Trinajstić information content (AvgIpc) is 2.09. The van der Waals surface area contributed by atoms with Gasteiger partial charge < -0.3 is 10.5 Å². The van der Waals surface area contributed by atoms with Crippen LogP contribution < -0.4 is 10.5 Å². The molecule has 0 fully saturated rings. The van der Waals surface area contributed by atoms with Gasteiger partial charge in [-0.05, 0) is 28.1 Å². The normalized spacial score (nSPS) is 11.3. The van der Waals surface area contributed by atoms with Gasteiger partial charge in [-0.1, -0.05) is 0 Å². The van der Waals surface area contributed by atoms with E-state index in [9.17, 15) is 8.42 Å². The first kappa shape index (κ1) is 12.3. The number of anilines is 1. The maximum atomic E-state index is 10.9. The van der Waals surface area contributed by atoms with Crippen molar-refractivity contribution in [3.63, 3.8) is 0 Å². The molecule has 0 atom stereocenters. The smallest absolute Gasteiger partial charge is 0.150 e. The van der Waals surface area contributed by atoms with Crippen LogP contribution >= 0.6 is 15.9 Å². The van der Waals surface area contributed by atoms with Crippen molar-refractivity contribution in [2.24, 2.45) is 0 Å². The first-order chi connectivity index (χ1) is 6.88. The van der Waals surface area contributed by atoms with Crippen LogP contribution in [0.15, 0.2) is 22.7 Å². The van der Waals surface area contributed by atoms with Crippen molar-refractivity contribution >= 4 is 31.5 Å². The third-order valence-corrected chi connectivity index (χ3v) is 3.23. The molecule has 1 rings (SSSR count). The number of rotatable bonds is 4. The molecule has 6 heteroatoms. The highest BCUT2D eigenvalue weighted by molar-refractivity contribution is 9.10. The molecule has 0 aromatic heterocycles. The molecule has 0 unspecified atom stereocenters. The maximum Gasteiger partial charge on any atom is 0.150 e. The van der Waals surface area contributed by atoms with Gasteiger partial charge in [0.15, 0.2) is 9.84 Å². The number of nitrogens with two attached hydrogens (primary N) is 1. The Labute approximate surface area is 97.5 Å². The highest BCUT2D eigenvalue weighted by atomic mass is 79.9. The van der Waals surface area contributed by atoms with Crippen molar-refractivity contribution in [3.05, 3.63) is 22.7 Å². The van der Waals surface area contributed by atoms with Crippen LogP contribution in [-0.4, -0.2) is 27.0 Å². The van der Waals surface area contributed by atoms with E-state index in [4.69, 9.17) is 10.5 Å². The maximum absolute atomic E-state index is 10.9. The van der Waals surface area contributed by atoms with E-state index in [1.54, 1.807) is 18.2 Å². The Hall–Kier alpha value is -0.750. The zero-order valence-electron chi connectivity index (χ0n) is 8.23. The van der Waals surface area contributed by atoms with Gasteiger partial charge in [0.25, 0.3) is 0 Å². The molecule has 84 valence electrons. The van der Waals surface area contributed by atoms with Gasteiger partial charge in [-0.2, -0.15) is 0 Å². The third-order valence-electron chi connectivity index (χ3n) is 1.67. The molecular formula is C9H12BrNO3S. The van der Waals surface area contributed by atoms with Crippen molar-refractivity contribution in [1.29, 1.82) is 0 Å². The third kappa shape index (κ3) is 4.53. The average molecular weight is 294 g/mol. The number of hydrogen-bond donors (Lipinski definition) is 1.